The van der Waals surface area contributed by atoms with Crippen LogP contribution < -0.4 is 24.8 Å². The minimum absolute atomic E-state index is 0.159. The predicted molar refractivity (Wildman–Crippen MR) is 106 cm³/mol. The maximum atomic E-state index is 12.4. The summed E-state index contributed by atoms with van der Waals surface area (Å²) in [7, 11) is 4.61. The predicted octanol–water partition coefficient (Wildman–Crippen LogP) is 1.91. The first-order chi connectivity index (χ1) is 13.1. The number of methoxy groups -OCH3 is 3. The van der Waals surface area contributed by atoms with E-state index in [0.717, 1.165) is 19.6 Å². The van der Waals surface area contributed by atoms with Crippen molar-refractivity contribution in [3.8, 4) is 17.2 Å². The Morgan fingerprint density at radius 1 is 1.07 bits per heavy atom. The van der Waals surface area contributed by atoms with Crippen LogP contribution >= 0.6 is 0 Å². The third-order valence-electron chi connectivity index (χ3n) is 4.90. The topological polar surface area (TPSA) is 72.1 Å². The number of hydrogen-bond donors (Lipinski definition) is 2. The largest absolute Gasteiger partial charge is 0.493 e. The Labute approximate surface area is 162 Å². The quantitative estimate of drug-likeness (QED) is 0.605. The fourth-order valence-electron chi connectivity index (χ4n) is 3.44. The number of ether oxygens (including phenoxy) is 3. The smallest absolute Gasteiger partial charge is 0.251 e. The molecule has 0 unspecified atom stereocenters. The number of nitrogens with one attached hydrogen (secondary N) is 2. The van der Waals surface area contributed by atoms with Gasteiger partial charge in [-0.1, -0.05) is 6.92 Å². The summed E-state index contributed by atoms with van der Waals surface area (Å²) < 4.78 is 15.9. The summed E-state index contributed by atoms with van der Waals surface area (Å²) >= 11 is 0. The Morgan fingerprint density at radius 2 is 1.70 bits per heavy atom. The van der Waals surface area contributed by atoms with E-state index < -0.39 is 0 Å². The minimum Gasteiger partial charge on any atom is -0.493 e. The van der Waals surface area contributed by atoms with Crippen molar-refractivity contribution < 1.29 is 19.0 Å². The van der Waals surface area contributed by atoms with Gasteiger partial charge in [-0.15, -0.1) is 0 Å². The monoisotopic (exact) mass is 379 g/mol. The lowest BCUT2D eigenvalue weighted by atomic mass is 10.0. The standard InChI is InChI=1S/C20H33N3O4/c1-5-10-23-11-6-16(7-12-23)21-8-9-22-20(24)15-13-17(25-2)19(27-4)18(14-15)26-3/h13-14,16,21H,5-12H2,1-4H3,(H,22,24). The summed E-state index contributed by atoms with van der Waals surface area (Å²) in [5.41, 5.74) is 0.484. The summed E-state index contributed by atoms with van der Waals surface area (Å²) in [6.45, 7) is 7.06. The SMILES string of the molecule is CCCN1CCC(NCCNC(=O)c2cc(OC)c(OC)c(OC)c2)CC1. The van der Waals surface area contributed by atoms with Crippen LogP contribution in [0.15, 0.2) is 12.1 Å². The van der Waals surface area contributed by atoms with Gasteiger partial charge in [0.25, 0.3) is 5.91 Å². The van der Waals surface area contributed by atoms with E-state index in [0.29, 0.717) is 35.4 Å². The first-order valence-electron chi connectivity index (χ1n) is 9.66. The third-order valence-corrected chi connectivity index (χ3v) is 4.90. The lowest BCUT2D eigenvalue weighted by Crippen LogP contribution is -2.44. The molecule has 1 amide bonds. The van der Waals surface area contributed by atoms with Crippen LogP contribution in [-0.4, -0.2) is 70.9 Å². The molecule has 27 heavy (non-hydrogen) atoms. The van der Waals surface area contributed by atoms with E-state index in [1.807, 2.05) is 0 Å². The molecule has 0 spiro atoms. The number of benzene rings is 1. The van der Waals surface area contributed by atoms with Gasteiger partial charge in [-0.25, -0.2) is 0 Å². The van der Waals surface area contributed by atoms with E-state index in [1.54, 1.807) is 19.2 Å². The first-order valence-corrected chi connectivity index (χ1v) is 9.66. The van der Waals surface area contributed by atoms with Crippen LogP contribution in [0.3, 0.4) is 0 Å². The van der Waals surface area contributed by atoms with Crippen molar-refractivity contribution in [2.75, 3.05) is 54.1 Å². The van der Waals surface area contributed by atoms with Gasteiger partial charge in [0, 0.05) is 24.7 Å². The molecule has 1 fully saturated rings. The molecule has 1 aliphatic rings. The zero-order chi connectivity index (χ0) is 19.6. The zero-order valence-electron chi connectivity index (χ0n) is 17.0. The molecule has 2 rings (SSSR count). The van der Waals surface area contributed by atoms with Crippen LogP contribution in [0.1, 0.15) is 36.5 Å². The van der Waals surface area contributed by atoms with Crippen molar-refractivity contribution in [1.29, 1.82) is 0 Å². The highest BCUT2D eigenvalue weighted by atomic mass is 16.5. The fraction of sp³-hybridized carbons (Fsp3) is 0.650. The Balaban J connectivity index is 1.79. The lowest BCUT2D eigenvalue weighted by Gasteiger charge is -2.32. The summed E-state index contributed by atoms with van der Waals surface area (Å²) in [5.74, 6) is 1.26. The second-order valence-corrected chi connectivity index (χ2v) is 6.74. The van der Waals surface area contributed by atoms with Gasteiger partial charge in [0.2, 0.25) is 5.75 Å². The fourth-order valence-corrected chi connectivity index (χ4v) is 3.44. The molecular formula is C20H33N3O4. The molecular weight excluding hydrogens is 346 g/mol. The van der Waals surface area contributed by atoms with Gasteiger partial charge in [0.05, 0.1) is 21.3 Å². The second-order valence-electron chi connectivity index (χ2n) is 6.74. The van der Waals surface area contributed by atoms with E-state index >= 15 is 0 Å². The number of amides is 1. The zero-order valence-corrected chi connectivity index (χ0v) is 17.0. The third kappa shape index (κ3) is 6.01. The van der Waals surface area contributed by atoms with Gasteiger partial charge < -0.3 is 29.7 Å². The Morgan fingerprint density at radius 3 is 2.22 bits per heavy atom. The molecule has 1 heterocycles. The highest BCUT2D eigenvalue weighted by Crippen LogP contribution is 2.38. The normalized spacial score (nSPS) is 15.4. The van der Waals surface area contributed by atoms with Crippen molar-refractivity contribution in [2.24, 2.45) is 0 Å². The molecule has 0 aromatic heterocycles. The van der Waals surface area contributed by atoms with Crippen molar-refractivity contribution in [2.45, 2.75) is 32.2 Å². The highest BCUT2D eigenvalue weighted by molar-refractivity contribution is 5.95. The first kappa shape index (κ1) is 21.3. The molecule has 0 bridgehead atoms. The van der Waals surface area contributed by atoms with Crippen molar-refractivity contribution in [3.63, 3.8) is 0 Å². The number of carbonyl (C=O) groups is 1. The molecule has 7 nitrogen and oxygen atoms in total. The molecule has 0 atom stereocenters. The van der Waals surface area contributed by atoms with Gasteiger partial charge >= 0.3 is 0 Å². The van der Waals surface area contributed by atoms with Gasteiger partial charge in [-0.05, 0) is 51.0 Å². The maximum Gasteiger partial charge on any atom is 0.251 e. The summed E-state index contributed by atoms with van der Waals surface area (Å²) in [6, 6.07) is 3.86. The molecule has 1 aromatic rings. The van der Waals surface area contributed by atoms with Crippen molar-refractivity contribution in [3.05, 3.63) is 17.7 Å². The number of likely N-dealkylation sites (tertiary alicyclic amines) is 1. The van der Waals surface area contributed by atoms with E-state index in [1.165, 1.54) is 40.0 Å². The van der Waals surface area contributed by atoms with Crippen molar-refractivity contribution in [1.82, 2.24) is 15.5 Å². The molecule has 0 radical (unpaired) electrons. The Hall–Kier alpha value is -1.99. The van der Waals surface area contributed by atoms with Crippen LogP contribution in [0.5, 0.6) is 17.2 Å². The van der Waals surface area contributed by atoms with Crippen molar-refractivity contribution >= 4 is 5.91 Å². The molecule has 1 saturated heterocycles. The van der Waals surface area contributed by atoms with E-state index in [-0.39, 0.29) is 5.91 Å². The lowest BCUT2D eigenvalue weighted by molar-refractivity contribution is 0.0952. The minimum atomic E-state index is -0.159. The molecule has 1 aliphatic heterocycles. The summed E-state index contributed by atoms with van der Waals surface area (Å²) in [6.07, 6.45) is 3.55. The molecule has 1 aromatic carbocycles. The molecule has 0 aliphatic carbocycles. The summed E-state index contributed by atoms with van der Waals surface area (Å²) in [5, 5.41) is 6.49. The number of rotatable bonds is 10. The molecule has 0 saturated carbocycles. The highest BCUT2D eigenvalue weighted by Gasteiger charge is 2.19. The van der Waals surface area contributed by atoms with Gasteiger partial charge in [-0.3, -0.25) is 4.79 Å². The van der Waals surface area contributed by atoms with Gasteiger partial charge in [-0.2, -0.15) is 0 Å². The molecule has 2 N–H and O–H groups in total. The van der Waals surface area contributed by atoms with E-state index in [9.17, 15) is 4.79 Å². The summed E-state index contributed by atoms with van der Waals surface area (Å²) in [4.78, 5) is 15.0. The number of hydrogen-bond acceptors (Lipinski definition) is 6. The number of carbonyl (C=O) groups excluding carboxylic acids is 1. The molecule has 7 heteroatoms. The van der Waals surface area contributed by atoms with Crippen LogP contribution in [-0.2, 0) is 0 Å². The van der Waals surface area contributed by atoms with Crippen LogP contribution in [0, 0.1) is 0 Å². The Bertz CT molecular complexity index is 576. The van der Waals surface area contributed by atoms with E-state index in [2.05, 4.69) is 22.5 Å². The maximum absolute atomic E-state index is 12.4. The second kappa shape index (κ2) is 11.0. The van der Waals surface area contributed by atoms with Gasteiger partial charge in [0.15, 0.2) is 11.5 Å². The van der Waals surface area contributed by atoms with Crippen LogP contribution in [0.2, 0.25) is 0 Å². The average molecular weight is 380 g/mol. The van der Waals surface area contributed by atoms with Gasteiger partial charge in [0.1, 0.15) is 0 Å². The average Bonchev–Trinajstić information content (AvgIpc) is 2.71. The molecule has 152 valence electrons. The van der Waals surface area contributed by atoms with Crippen LogP contribution in [0.4, 0.5) is 0 Å². The number of nitrogens with zero attached hydrogens (tertiary/aromatic N) is 1. The number of piperidine rings is 1. The van der Waals surface area contributed by atoms with Crippen LogP contribution in [0.25, 0.3) is 0 Å². The Kier molecular flexibility index (Phi) is 8.67. The van der Waals surface area contributed by atoms with E-state index in [4.69, 9.17) is 14.2 Å².